The van der Waals surface area contributed by atoms with Crippen LogP contribution in [-0.4, -0.2) is 7.11 Å². The van der Waals surface area contributed by atoms with Crippen molar-refractivity contribution in [2.75, 3.05) is 12.4 Å². The minimum atomic E-state index is -0.317. The number of fused-ring (bicyclic) bond motifs is 1. The molecule has 0 radical (unpaired) electrons. The van der Waals surface area contributed by atoms with Crippen LogP contribution in [0.5, 0.6) is 5.75 Å². The van der Waals surface area contributed by atoms with E-state index in [1.54, 1.807) is 19.2 Å². The van der Waals surface area contributed by atoms with Crippen molar-refractivity contribution in [3.8, 4) is 5.75 Å². The third kappa shape index (κ3) is 2.84. The highest BCUT2D eigenvalue weighted by Crippen LogP contribution is 2.36. The molecule has 3 rings (SSSR count). The fourth-order valence-corrected chi connectivity index (χ4v) is 3.10. The fourth-order valence-electron chi connectivity index (χ4n) is 2.88. The SMILES string of the molecule is COc1ccc2c(c1)CCCC2Nc1c(F)cccc1Cl. The molecule has 2 aromatic rings. The van der Waals surface area contributed by atoms with Gasteiger partial charge >= 0.3 is 0 Å². The van der Waals surface area contributed by atoms with Crippen LogP contribution >= 0.6 is 11.6 Å². The molecule has 0 saturated carbocycles. The summed E-state index contributed by atoms with van der Waals surface area (Å²) in [7, 11) is 1.67. The maximum absolute atomic E-state index is 13.9. The van der Waals surface area contributed by atoms with Crippen molar-refractivity contribution in [2.24, 2.45) is 0 Å². The monoisotopic (exact) mass is 305 g/mol. The lowest BCUT2D eigenvalue weighted by Gasteiger charge is -2.28. The Morgan fingerprint density at radius 1 is 1.29 bits per heavy atom. The molecular weight excluding hydrogens is 289 g/mol. The smallest absolute Gasteiger partial charge is 0.147 e. The number of rotatable bonds is 3. The zero-order valence-corrected chi connectivity index (χ0v) is 12.6. The topological polar surface area (TPSA) is 21.3 Å². The Bertz CT molecular complexity index is 639. The van der Waals surface area contributed by atoms with E-state index < -0.39 is 0 Å². The summed E-state index contributed by atoms with van der Waals surface area (Å²) >= 11 is 6.10. The Hall–Kier alpha value is -1.74. The number of halogens is 2. The van der Waals surface area contributed by atoms with E-state index in [4.69, 9.17) is 16.3 Å². The molecule has 0 spiro atoms. The predicted octanol–water partition coefficient (Wildman–Crippen LogP) is 4.98. The fraction of sp³-hybridized carbons (Fsp3) is 0.294. The van der Waals surface area contributed by atoms with E-state index in [-0.39, 0.29) is 11.9 Å². The van der Waals surface area contributed by atoms with Gasteiger partial charge in [0, 0.05) is 0 Å². The van der Waals surface area contributed by atoms with Gasteiger partial charge in [-0.1, -0.05) is 23.7 Å². The molecule has 0 aromatic heterocycles. The second kappa shape index (κ2) is 5.94. The number of anilines is 1. The van der Waals surface area contributed by atoms with Crippen LogP contribution in [-0.2, 0) is 6.42 Å². The molecule has 1 unspecified atom stereocenters. The minimum absolute atomic E-state index is 0.0778. The van der Waals surface area contributed by atoms with Gasteiger partial charge in [-0.25, -0.2) is 4.39 Å². The zero-order chi connectivity index (χ0) is 14.8. The highest BCUT2D eigenvalue weighted by molar-refractivity contribution is 6.33. The van der Waals surface area contributed by atoms with Gasteiger partial charge in [0.15, 0.2) is 0 Å². The largest absolute Gasteiger partial charge is 0.497 e. The van der Waals surface area contributed by atoms with E-state index in [1.807, 2.05) is 6.07 Å². The van der Waals surface area contributed by atoms with Crippen LogP contribution in [0.15, 0.2) is 36.4 Å². The van der Waals surface area contributed by atoms with Crippen molar-refractivity contribution >= 4 is 17.3 Å². The average molecular weight is 306 g/mol. The van der Waals surface area contributed by atoms with Crippen molar-refractivity contribution < 1.29 is 9.13 Å². The molecule has 1 N–H and O–H groups in total. The number of methoxy groups -OCH3 is 1. The number of para-hydroxylation sites is 1. The van der Waals surface area contributed by atoms with E-state index in [1.165, 1.54) is 17.2 Å². The third-order valence-electron chi connectivity index (χ3n) is 3.95. The highest BCUT2D eigenvalue weighted by Gasteiger charge is 2.22. The molecule has 0 saturated heterocycles. The molecule has 0 fully saturated rings. The molecule has 0 amide bonds. The first kappa shape index (κ1) is 14.2. The van der Waals surface area contributed by atoms with Crippen molar-refractivity contribution in [3.05, 3.63) is 58.4 Å². The minimum Gasteiger partial charge on any atom is -0.497 e. The summed E-state index contributed by atoms with van der Waals surface area (Å²) in [5.41, 5.74) is 2.83. The van der Waals surface area contributed by atoms with Crippen molar-refractivity contribution in [1.82, 2.24) is 0 Å². The van der Waals surface area contributed by atoms with Gasteiger partial charge < -0.3 is 10.1 Å². The predicted molar refractivity (Wildman–Crippen MR) is 83.7 cm³/mol. The van der Waals surface area contributed by atoms with Crippen molar-refractivity contribution in [3.63, 3.8) is 0 Å². The molecule has 0 bridgehead atoms. The van der Waals surface area contributed by atoms with Crippen LogP contribution in [0.2, 0.25) is 5.02 Å². The molecule has 1 aliphatic rings. The Labute approximate surface area is 128 Å². The van der Waals surface area contributed by atoms with Gasteiger partial charge in [0.1, 0.15) is 11.6 Å². The Morgan fingerprint density at radius 3 is 2.90 bits per heavy atom. The molecule has 1 aliphatic carbocycles. The number of nitrogens with one attached hydrogen (secondary N) is 1. The summed E-state index contributed by atoms with van der Waals surface area (Å²) in [6.07, 6.45) is 3.05. The summed E-state index contributed by atoms with van der Waals surface area (Å²) < 4.78 is 19.2. The Kier molecular flexibility index (Phi) is 4.02. The maximum atomic E-state index is 13.9. The quantitative estimate of drug-likeness (QED) is 0.863. The second-order valence-corrected chi connectivity index (χ2v) is 5.66. The van der Waals surface area contributed by atoms with E-state index in [0.29, 0.717) is 10.7 Å². The first-order valence-corrected chi connectivity index (χ1v) is 7.44. The van der Waals surface area contributed by atoms with Gasteiger partial charge in [-0.05, 0) is 54.7 Å². The number of hydrogen-bond donors (Lipinski definition) is 1. The van der Waals surface area contributed by atoms with E-state index in [9.17, 15) is 4.39 Å². The van der Waals surface area contributed by atoms with Crippen molar-refractivity contribution in [2.45, 2.75) is 25.3 Å². The van der Waals surface area contributed by atoms with Gasteiger partial charge in [0.2, 0.25) is 0 Å². The second-order valence-electron chi connectivity index (χ2n) is 5.25. The molecule has 21 heavy (non-hydrogen) atoms. The highest BCUT2D eigenvalue weighted by atomic mass is 35.5. The summed E-state index contributed by atoms with van der Waals surface area (Å²) in [6.45, 7) is 0. The lowest BCUT2D eigenvalue weighted by Crippen LogP contribution is -2.18. The number of aryl methyl sites for hydroxylation is 1. The summed E-state index contributed by atoms with van der Waals surface area (Å²) in [6, 6.07) is 10.9. The summed E-state index contributed by atoms with van der Waals surface area (Å²) in [4.78, 5) is 0. The van der Waals surface area contributed by atoms with E-state index in [2.05, 4.69) is 17.4 Å². The molecule has 1 atom stereocenters. The van der Waals surface area contributed by atoms with Crippen LogP contribution < -0.4 is 10.1 Å². The van der Waals surface area contributed by atoms with E-state index >= 15 is 0 Å². The van der Waals surface area contributed by atoms with Gasteiger partial charge in [-0.15, -0.1) is 0 Å². The zero-order valence-electron chi connectivity index (χ0n) is 11.8. The van der Waals surface area contributed by atoms with Crippen LogP contribution in [0.1, 0.15) is 30.0 Å². The number of benzene rings is 2. The standard InChI is InChI=1S/C17H17ClFNO/c1-21-12-8-9-13-11(10-12)4-2-7-16(13)20-17-14(18)5-3-6-15(17)19/h3,5-6,8-10,16,20H,2,4,7H2,1H3. The first-order chi connectivity index (χ1) is 10.2. The van der Waals surface area contributed by atoms with Crippen LogP contribution in [0.3, 0.4) is 0 Å². The molecule has 2 aromatic carbocycles. The van der Waals surface area contributed by atoms with Gasteiger partial charge in [0.25, 0.3) is 0 Å². The molecule has 0 heterocycles. The van der Waals surface area contributed by atoms with Gasteiger partial charge in [-0.3, -0.25) is 0 Å². The first-order valence-electron chi connectivity index (χ1n) is 7.06. The Balaban J connectivity index is 1.92. The van der Waals surface area contributed by atoms with Crippen LogP contribution in [0, 0.1) is 5.82 Å². The molecule has 2 nitrogen and oxygen atoms in total. The van der Waals surface area contributed by atoms with E-state index in [0.717, 1.165) is 25.0 Å². The molecule has 0 aliphatic heterocycles. The molecule has 110 valence electrons. The van der Waals surface area contributed by atoms with Gasteiger partial charge in [0.05, 0.1) is 23.9 Å². The van der Waals surface area contributed by atoms with Crippen LogP contribution in [0.4, 0.5) is 10.1 Å². The lowest BCUT2D eigenvalue weighted by atomic mass is 9.87. The third-order valence-corrected chi connectivity index (χ3v) is 4.26. The lowest BCUT2D eigenvalue weighted by molar-refractivity contribution is 0.413. The van der Waals surface area contributed by atoms with Crippen molar-refractivity contribution in [1.29, 1.82) is 0 Å². The maximum Gasteiger partial charge on any atom is 0.147 e. The average Bonchev–Trinajstić information content (AvgIpc) is 2.50. The summed E-state index contributed by atoms with van der Waals surface area (Å²) in [5, 5.41) is 3.68. The number of ether oxygens (including phenoxy) is 1. The number of hydrogen-bond acceptors (Lipinski definition) is 2. The van der Waals surface area contributed by atoms with Gasteiger partial charge in [-0.2, -0.15) is 0 Å². The normalized spacial score (nSPS) is 17.2. The Morgan fingerprint density at radius 2 is 2.14 bits per heavy atom. The van der Waals surface area contributed by atoms with Crippen LogP contribution in [0.25, 0.3) is 0 Å². The molecular formula is C17H17ClFNO. The molecule has 4 heteroatoms. The summed E-state index contributed by atoms with van der Waals surface area (Å²) in [5.74, 6) is 0.543.